The molecule has 0 saturated carbocycles. The second-order valence-corrected chi connectivity index (χ2v) is 6.27. The van der Waals surface area contributed by atoms with Crippen LogP contribution in [0.1, 0.15) is 11.1 Å². The van der Waals surface area contributed by atoms with Crippen molar-refractivity contribution in [1.82, 2.24) is 4.98 Å². The Kier molecular flexibility index (Phi) is 3.78. The molecule has 0 bridgehead atoms. The van der Waals surface area contributed by atoms with Crippen LogP contribution in [0.5, 0.6) is 0 Å². The van der Waals surface area contributed by atoms with Crippen molar-refractivity contribution in [3.8, 4) is 0 Å². The van der Waals surface area contributed by atoms with Crippen molar-refractivity contribution in [2.75, 3.05) is 4.72 Å². The maximum atomic E-state index is 12.2. The number of aryl methyl sites for hydroxylation is 2. The fourth-order valence-corrected chi connectivity index (χ4v) is 2.87. The van der Waals surface area contributed by atoms with Crippen LogP contribution in [0.4, 0.5) is 5.82 Å². The summed E-state index contributed by atoms with van der Waals surface area (Å²) in [6, 6.07) is 8.14. The van der Waals surface area contributed by atoms with Crippen LogP contribution in [0.2, 0.25) is 5.02 Å². The van der Waals surface area contributed by atoms with Crippen molar-refractivity contribution < 1.29 is 8.42 Å². The molecule has 1 aromatic carbocycles. The molecule has 19 heavy (non-hydrogen) atoms. The summed E-state index contributed by atoms with van der Waals surface area (Å²) in [5, 5.41) is 0.417. The number of hydrogen-bond acceptors (Lipinski definition) is 3. The van der Waals surface area contributed by atoms with Gasteiger partial charge in [-0.2, -0.15) is 0 Å². The molecule has 2 rings (SSSR count). The molecule has 6 heteroatoms. The minimum absolute atomic E-state index is 0.119. The van der Waals surface area contributed by atoms with Crippen LogP contribution in [0, 0.1) is 13.8 Å². The van der Waals surface area contributed by atoms with Crippen LogP contribution in [0.3, 0.4) is 0 Å². The van der Waals surface area contributed by atoms with E-state index in [4.69, 9.17) is 11.6 Å². The largest absolute Gasteiger partial charge is 0.263 e. The summed E-state index contributed by atoms with van der Waals surface area (Å²) in [6.45, 7) is 3.60. The third-order valence-corrected chi connectivity index (χ3v) is 4.44. The highest BCUT2D eigenvalue weighted by Crippen LogP contribution is 2.22. The van der Waals surface area contributed by atoms with Crippen molar-refractivity contribution in [2.24, 2.45) is 0 Å². The van der Waals surface area contributed by atoms with E-state index in [1.54, 1.807) is 25.1 Å². The van der Waals surface area contributed by atoms with E-state index >= 15 is 0 Å². The Balaban J connectivity index is 2.38. The van der Waals surface area contributed by atoms with E-state index in [1.165, 1.54) is 18.3 Å². The first-order chi connectivity index (χ1) is 8.90. The van der Waals surface area contributed by atoms with Gasteiger partial charge in [-0.3, -0.25) is 4.72 Å². The van der Waals surface area contributed by atoms with E-state index in [0.717, 1.165) is 11.1 Å². The fourth-order valence-electron chi connectivity index (χ4n) is 1.52. The van der Waals surface area contributed by atoms with Gasteiger partial charge in [-0.05, 0) is 43.2 Å². The molecule has 1 aromatic heterocycles. The van der Waals surface area contributed by atoms with Crippen LogP contribution in [-0.4, -0.2) is 13.4 Å². The van der Waals surface area contributed by atoms with Crippen LogP contribution in [0.25, 0.3) is 0 Å². The van der Waals surface area contributed by atoms with Crippen molar-refractivity contribution >= 4 is 27.4 Å². The first-order valence-electron chi connectivity index (χ1n) is 5.61. The summed E-state index contributed by atoms with van der Waals surface area (Å²) in [4.78, 5) is 4.12. The average Bonchev–Trinajstić information content (AvgIpc) is 2.35. The van der Waals surface area contributed by atoms with Gasteiger partial charge in [0.15, 0.2) is 0 Å². The lowest BCUT2D eigenvalue weighted by molar-refractivity contribution is 0.601. The zero-order chi connectivity index (χ0) is 14.0. The number of hydrogen-bond donors (Lipinski definition) is 1. The maximum absolute atomic E-state index is 12.2. The number of aromatic nitrogens is 1. The van der Waals surface area contributed by atoms with Gasteiger partial charge in [0, 0.05) is 11.2 Å². The Morgan fingerprint density at radius 2 is 1.89 bits per heavy atom. The van der Waals surface area contributed by atoms with E-state index in [-0.39, 0.29) is 4.90 Å². The zero-order valence-corrected chi connectivity index (χ0v) is 12.1. The lowest BCUT2D eigenvalue weighted by Gasteiger charge is -2.10. The van der Waals surface area contributed by atoms with E-state index in [9.17, 15) is 8.42 Å². The van der Waals surface area contributed by atoms with Crippen molar-refractivity contribution in [3.05, 3.63) is 52.7 Å². The van der Waals surface area contributed by atoms with Gasteiger partial charge in [0.25, 0.3) is 10.0 Å². The normalized spacial score (nSPS) is 11.3. The molecule has 0 aliphatic rings. The zero-order valence-electron chi connectivity index (χ0n) is 10.5. The number of rotatable bonds is 3. The third kappa shape index (κ3) is 3.05. The highest BCUT2D eigenvalue weighted by atomic mass is 35.5. The summed E-state index contributed by atoms with van der Waals surface area (Å²) in [6.07, 6.45) is 1.53. The molecule has 0 atom stereocenters. The van der Waals surface area contributed by atoms with Gasteiger partial charge in [0.1, 0.15) is 5.82 Å². The van der Waals surface area contributed by atoms with Crippen LogP contribution in [-0.2, 0) is 10.0 Å². The summed E-state index contributed by atoms with van der Waals surface area (Å²) >= 11 is 5.95. The summed E-state index contributed by atoms with van der Waals surface area (Å²) in [7, 11) is -3.67. The van der Waals surface area contributed by atoms with Gasteiger partial charge in [-0.25, -0.2) is 13.4 Å². The summed E-state index contributed by atoms with van der Waals surface area (Å²) in [5.74, 6) is 0.319. The molecule has 0 aliphatic carbocycles. The molecule has 100 valence electrons. The molecule has 0 spiro atoms. The third-order valence-electron chi connectivity index (χ3n) is 2.69. The minimum Gasteiger partial charge on any atom is -0.263 e. The molecule has 4 nitrogen and oxygen atoms in total. The quantitative estimate of drug-likeness (QED) is 0.946. The van der Waals surface area contributed by atoms with E-state index in [2.05, 4.69) is 9.71 Å². The number of nitrogens with zero attached hydrogens (tertiary/aromatic N) is 1. The number of nitrogens with one attached hydrogen (secondary N) is 1. The van der Waals surface area contributed by atoms with E-state index < -0.39 is 10.0 Å². The van der Waals surface area contributed by atoms with Gasteiger partial charge in [-0.1, -0.05) is 23.7 Å². The average molecular weight is 297 g/mol. The van der Waals surface area contributed by atoms with E-state index in [0.29, 0.717) is 10.8 Å². The van der Waals surface area contributed by atoms with Crippen molar-refractivity contribution in [1.29, 1.82) is 0 Å². The smallest absolute Gasteiger partial charge is 0.263 e. The van der Waals surface area contributed by atoms with Gasteiger partial charge in [0.2, 0.25) is 0 Å². The lowest BCUT2D eigenvalue weighted by Crippen LogP contribution is -2.14. The van der Waals surface area contributed by atoms with Gasteiger partial charge >= 0.3 is 0 Å². The number of pyridine rings is 1. The predicted octanol–water partition coefficient (Wildman–Crippen LogP) is 3.15. The Labute approximate surface area is 117 Å². The van der Waals surface area contributed by atoms with Gasteiger partial charge in [0.05, 0.1) is 4.90 Å². The summed E-state index contributed by atoms with van der Waals surface area (Å²) < 4.78 is 26.9. The molecule has 0 saturated heterocycles. The SMILES string of the molecule is Cc1ccc(S(=O)(=O)Nc2ncccc2C)cc1Cl. The highest BCUT2D eigenvalue weighted by Gasteiger charge is 2.16. The van der Waals surface area contributed by atoms with Crippen LogP contribution in [0.15, 0.2) is 41.4 Å². The summed E-state index contributed by atoms with van der Waals surface area (Å²) in [5.41, 5.74) is 1.58. The van der Waals surface area contributed by atoms with Crippen LogP contribution < -0.4 is 4.72 Å². The van der Waals surface area contributed by atoms with Gasteiger partial charge in [-0.15, -0.1) is 0 Å². The van der Waals surface area contributed by atoms with Crippen molar-refractivity contribution in [3.63, 3.8) is 0 Å². The first kappa shape index (κ1) is 13.8. The molecule has 0 unspecified atom stereocenters. The topological polar surface area (TPSA) is 59.1 Å². The minimum atomic E-state index is -3.67. The Hall–Kier alpha value is -1.59. The molecule has 0 amide bonds. The Morgan fingerprint density at radius 1 is 1.16 bits per heavy atom. The highest BCUT2D eigenvalue weighted by molar-refractivity contribution is 7.92. The second kappa shape index (κ2) is 5.19. The molecule has 0 fully saturated rings. The number of sulfonamides is 1. The standard InChI is InChI=1S/C13H13ClN2O2S/c1-9-5-6-11(8-12(9)14)19(17,18)16-13-10(2)4-3-7-15-13/h3-8H,1-2H3,(H,15,16). The number of halogens is 1. The molecule has 1 N–H and O–H groups in total. The molecule has 0 radical (unpaired) electrons. The molecule has 2 aromatic rings. The maximum Gasteiger partial charge on any atom is 0.263 e. The van der Waals surface area contributed by atoms with E-state index in [1.807, 2.05) is 6.92 Å². The van der Waals surface area contributed by atoms with Crippen molar-refractivity contribution in [2.45, 2.75) is 18.7 Å². The predicted molar refractivity (Wildman–Crippen MR) is 76.0 cm³/mol. The number of anilines is 1. The lowest BCUT2D eigenvalue weighted by atomic mass is 10.2. The monoisotopic (exact) mass is 296 g/mol. The molecular weight excluding hydrogens is 284 g/mol. The molecule has 1 heterocycles. The molecular formula is C13H13ClN2O2S. The fraction of sp³-hybridized carbons (Fsp3) is 0.154. The molecule has 0 aliphatic heterocycles. The second-order valence-electron chi connectivity index (χ2n) is 4.19. The Morgan fingerprint density at radius 3 is 2.53 bits per heavy atom. The first-order valence-corrected chi connectivity index (χ1v) is 7.47. The Bertz CT molecular complexity index is 714. The van der Waals surface area contributed by atoms with Crippen LogP contribution >= 0.6 is 11.6 Å². The number of benzene rings is 1. The van der Waals surface area contributed by atoms with Gasteiger partial charge < -0.3 is 0 Å².